The molecule has 2 aliphatic heterocycles. The van der Waals surface area contributed by atoms with E-state index in [9.17, 15) is 13.2 Å². The first kappa shape index (κ1) is 17.3. The average molecular weight is 367 g/mol. The van der Waals surface area contributed by atoms with Gasteiger partial charge in [0.05, 0.1) is 17.5 Å². The van der Waals surface area contributed by atoms with Gasteiger partial charge in [-0.3, -0.25) is 9.79 Å². The lowest BCUT2D eigenvalue weighted by Gasteiger charge is -2.12. The molecular formula is C16H21N3O3S2. The molecule has 6 nitrogen and oxygen atoms in total. The van der Waals surface area contributed by atoms with E-state index in [1.54, 1.807) is 12.1 Å². The third-order valence-electron chi connectivity index (χ3n) is 4.21. The molecule has 0 aromatic heterocycles. The van der Waals surface area contributed by atoms with E-state index in [4.69, 9.17) is 0 Å². The Morgan fingerprint density at radius 3 is 2.67 bits per heavy atom. The van der Waals surface area contributed by atoms with Crippen molar-refractivity contribution >= 4 is 38.4 Å². The molecule has 130 valence electrons. The summed E-state index contributed by atoms with van der Waals surface area (Å²) in [6.45, 7) is 4.00. The molecule has 2 N–H and O–H groups in total. The van der Waals surface area contributed by atoms with E-state index in [0.29, 0.717) is 5.56 Å². The predicted molar refractivity (Wildman–Crippen MR) is 98.5 cm³/mol. The first-order valence-electron chi connectivity index (χ1n) is 7.99. The molecule has 24 heavy (non-hydrogen) atoms. The van der Waals surface area contributed by atoms with Crippen molar-refractivity contribution in [3.63, 3.8) is 0 Å². The van der Waals surface area contributed by atoms with Crippen LogP contribution in [-0.4, -0.2) is 48.3 Å². The van der Waals surface area contributed by atoms with E-state index in [2.05, 4.69) is 15.6 Å². The van der Waals surface area contributed by atoms with Gasteiger partial charge in [0.25, 0.3) is 5.91 Å². The van der Waals surface area contributed by atoms with E-state index in [-0.39, 0.29) is 34.7 Å². The number of sulfone groups is 1. The number of nitrogens with one attached hydrogen (secondary N) is 2. The van der Waals surface area contributed by atoms with E-state index in [1.165, 1.54) is 11.8 Å². The highest BCUT2D eigenvalue weighted by Crippen LogP contribution is 2.34. The zero-order chi connectivity index (χ0) is 17.3. The number of carbonyl (C=O) groups is 1. The van der Waals surface area contributed by atoms with Crippen LogP contribution in [0.1, 0.15) is 30.6 Å². The summed E-state index contributed by atoms with van der Waals surface area (Å²) in [7, 11) is -2.93. The van der Waals surface area contributed by atoms with Crippen molar-refractivity contribution in [2.24, 2.45) is 4.99 Å². The van der Waals surface area contributed by atoms with E-state index >= 15 is 0 Å². The Balaban J connectivity index is 1.60. The number of anilines is 1. The average Bonchev–Trinajstić information content (AvgIpc) is 3.00. The van der Waals surface area contributed by atoms with Crippen LogP contribution in [0.5, 0.6) is 0 Å². The molecule has 2 heterocycles. The molecule has 0 radical (unpaired) electrons. The molecule has 1 aromatic carbocycles. The third-order valence-corrected chi connectivity index (χ3v) is 7.35. The summed E-state index contributed by atoms with van der Waals surface area (Å²) < 4.78 is 23.1. The largest absolute Gasteiger partial charge is 0.350 e. The standard InChI is InChI=1S/C16H21N3O3S2/c1-3-10(2)17-15(20)11-4-6-12(7-5-11)18-16-19-13-8-24(21,22)9-14(13)23-16/h4-7,10,13-14H,3,8-9H2,1-2H3,(H,17,20)(H,18,19)/t10?,13-,14+/m1/s1. The summed E-state index contributed by atoms with van der Waals surface area (Å²) in [6, 6.07) is 7.22. The molecule has 2 aliphatic rings. The van der Waals surface area contributed by atoms with Crippen LogP contribution in [0.2, 0.25) is 0 Å². The van der Waals surface area contributed by atoms with Crippen molar-refractivity contribution in [2.75, 3.05) is 16.8 Å². The van der Waals surface area contributed by atoms with Gasteiger partial charge < -0.3 is 10.6 Å². The number of hydrogen-bond acceptors (Lipinski definition) is 6. The normalized spacial score (nSPS) is 25.7. The number of rotatable bonds is 4. The highest BCUT2D eigenvalue weighted by molar-refractivity contribution is 8.15. The van der Waals surface area contributed by atoms with Crippen molar-refractivity contribution < 1.29 is 13.2 Å². The van der Waals surface area contributed by atoms with E-state index in [1.807, 2.05) is 26.0 Å². The molecule has 3 atom stereocenters. The van der Waals surface area contributed by atoms with Gasteiger partial charge in [0.1, 0.15) is 0 Å². The fourth-order valence-corrected chi connectivity index (χ4v) is 6.33. The van der Waals surface area contributed by atoms with Gasteiger partial charge in [-0.25, -0.2) is 8.42 Å². The summed E-state index contributed by atoms with van der Waals surface area (Å²) in [5, 5.41) is 6.90. The zero-order valence-electron chi connectivity index (χ0n) is 13.7. The van der Waals surface area contributed by atoms with Crippen LogP contribution < -0.4 is 10.6 Å². The molecule has 0 aliphatic carbocycles. The number of amidine groups is 1. The molecule has 8 heteroatoms. The minimum atomic E-state index is -2.93. The van der Waals surface area contributed by atoms with Crippen LogP contribution >= 0.6 is 11.8 Å². The van der Waals surface area contributed by atoms with Crippen LogP contribution in [0.25, 0.3) is 0 Å². The second kappa shape index (κ2) is 6.76. The lowest BCUT2D eigenvalue weighted by molar-refractivity contribution is 0.0939. The number of thioether (sulfide) groups is 1. The number of aliphatic imine (C=N–C) groups is 1. The molecule has 0 saturated carbocycles. The Morgan fingerprint density at radius 2 is 2.04 bits per heavy atom. The molecule has 1 saturated heterocycles. The van der Waals surface area contributed by atoms with E-state index < -0.39 is 9.84 Å². The molecular weight excluding hydrogens is 346 g/mol. The number of nitrogens with zero attached hydrogens (tertiary/aromatic N) is 1. The van der Waals surface area contributed by atoms with Crippen molar-refractivity contribution in [2.45, 2.75) is 37.6 Å². The van der Waals surface area contributed by atoms with Gasteiger partial charge in [-0.2, -0.15) is 0 Å². The Hall–Kier alpha value is -1.54. The van der Waals surface area contributed by atoms with Crippen LogP contribution in [0.3, 0.4) is 0 Å². The van der Waals surface area contributed by atoms with Crippen molar-refractivity contribution in [3.8, 4) is 0 Å². The maximum absolute atomic E-state index is 12.0. The minimum absolute atomic E-state index is 0.0260. The van der Waals surface area contributed by atoms with Gasteiger partial charge >= 0.3 is 0 Å². The van der Waals surface area contributed by atoms with Crippen molar-refractivity contribution in [1.82, 2.24) is 5.32 Å². The first-order valence-corrected chi connectivity index (χ1v) is 10.7. The summed E-state index contributed by atoms with van der Waals surface area (Å²) >= 11 is 1.48. The molecule has 0 bridgehead atoms. The second-order valence-corrected chi connectivity index (χ2v) is 9.60. The summed E-state index contributed by atoms with van der Waals surface area (Å²) in [5.41, 5.74) is 1.45. The van der Waals surface area contributed by atoms with Gasteiger partial charge in [-0.1, -0.05) is 18.7 Å². The maximum atomic E-state index is 12.0. The Labute approximate surface area is 146 Å². The van der Waals surface area contributed by atoms with Crippen LogP contribution in [0.4, 0.5) is 5.69 Å². The highest BCUT2D eigenvalue weighted by Gasteiger charge is 2.42. The topological polar surface area (TPSA) is 87.6 Å². The van der Waals surface area contributed by atoms with Crippen LogP contribution in [0.15, 0.2) is 29.3 Å². The van der Waals surface area contributed by atoms with Gasteiger partial charge in [0.2, 0.25) is 0 Å². The van der Waals surface area contributed by atoms with Crippen LogP contribution in [0, 0.1) is 0 Å². The molecule has 1 fully saturated rings. The van der Waals surface area contributed by atoms with Gasteiger partial charge in [0, 0.05) is 22.5 Å². The van der Waals surface area contributed by atoms with Gasteiger partial charge in [-0.05, 0) is 37.6 Å². The number of benzene rings is 1. The van der Waals surface area contributed by atoms with Gasteiger partial charge in [0.15, 0.2) is 15.0 Å². The lowest BCUT2D eigenvalue weighted by Crippen LogP contribution is -2.31. The molecule has 1 amide bonds. The Kier molecular flexibility index (Phi) is 4.87. The zero-order valence-corrected chi connectivity index (χ0v) is 15.3. The number of fused-ring (bicyclic) bond motifs is 1. The molecule has 3 rings (SSSR count). The SMILES string of the molecule is CCC(C)NC(=O)c1ccc(NC2=N[C@@H]3CS(=O)(=O)C[C@@H]3S2)cc1. The van der Waals surface area contributed by atoms with Crippen molar-refractivity contribution in [3.05, 3.63) is 29.8 Å². The quantitative estimate of drug-likeness (QED) is 0.849. The molecule has 1 aromatic rings. The molecule has 1 unspecified atom stereocenters. The third kappa shape index (κ3) is 3.92. The van der Waals surface area contributed by atoms with Crippen molar-refractivity contribution in [1.29, 1.82) is 0 Å². The lowest BCUT2D eigenvalue weighted by atomic mass is 10.1. The van der Waals surface area contributed by atoms with E-state index in [0.717, 1.165) is 17.3 Å². The predicted octanol–water partition coefficient (Wildman–Crippen LogP) is 1.90. The fourth-order valence-electron chi connectivity index (χ4n) is 2.65. The van der Waals surface area contributed by atoms with Crippen LogP contribution in [-0.2, 0) is 9.84 Å². The summed E-state index contributed by atoms with van der Waals surface area (Å²) in [6.07, 6.45) is 0.889. The summed E-state index contributed by atoms with van der Waals surface area (Å²) in [4.78, 5) is 16.5. The number of carbonyl (C=O) groups excluding carboxylic acids is 1. The summed E-state index contributed by atoms with van der Waals surface area (Å²) in [5.74, 6) is 0.263. The minimum Gasteiger partial charge on any atom is -0.350 e. The Bertz CT molecular complexity index is 759. The molecule has 0 spiro atoms. The second-order valence-electron chi connectivity index (χ2n) is 6.22. The highest BCUT2D eigenvalue weighted by atomic mass is 32.2. The smallest absolute Gasteiger partial charge is 0.251 e. The number of hydrogen-bond donors (Lipinski definition) is 2. The first-order chi connectivity index (χ1) is 11.4. The number of amides is 1. The monoisotopic (exact) mass is 367 g/mol. The van der Waals surface area contributed by atoms with Gasteiger partial charge in [-0.15, -0.1) is 0 Å². The Morgan fingerprint density at radius 1 is 1.33 bits per heavy atom. The maximum Gasteiger partial charge on any atom is 0.251 e. The fraction of sp³-hybridized carbons (Fsp3) is 0.500.